The van der Waals surface area contributed by atoms with Crippen LogP contribution in [0.15, 0.2) is 97.1 Å². The van der Waals surface area contributed by atoms with Crippen LogP contribution in [0.5, 0.6) is 5.75 Å². The fraction of sp³-hybridized carbons (Fsp3) is 0.200. The minimum absolute atomic E-state index is 0.291. The Morgan fingerprint density at radius 3 is 2.53 bits per heavy atom. The molecule has 2 nitrogen and oxygen atoms in total. The van der Waals surface area contributed by atoms with E-state index < -0.39 is 0 Å². The number of hydrogen-bond acceptors (Lipinski definition) is 2. The molecule has 3 atom stereocenters. The molecule has 1 aliphatic heterocycles. The number of anilines is 1. The number of benzene rings is 4. The highest BCUT2D eigenvalue weighted by Crippen LogP contribution is 2.51. The Labute approximate surface area is 189 Å². The van der Waals surface area contributed by atoms with Gasteiger partial charge >= 0.3 is 0 Å². The molecule has 32 heavy (non-hydrogen) atoms. The van der Waals surface area contributed by atoms with Crippen molar-refractivity contribution in [2.24, 2.45) is 5.92 Å². The number of allylic oxidation sites excluding steroid dienone is 2. The Morgan fingerprint density at radius 2 is 1.69 bits per heavy atom. The molecule has 2 heteroatoms. The first kappa shape index (κ1) is 19.2. The molecule has 0 unspecified atom stereocenters. The van der Waals surface area contributed by atoms with E-state index in [9.17, 15) is 0 Å². The molecule has 0 amide bonds. The Balaban J connectivity index is 1.27. The molecular weight excluding hydrogens is 390 g/mol. The molecule has 6 rings (SSSR count). The molecule has 4 aromatic carbocycles. The smallest absolute Gasteiger partial charge is 0.119 e. The predicted molar refractivity (Wildman–Crippen MR) is 132 cm³/mol. The highest BCUT2D eigenvalue weighted by Gasteiger charge is 2.38. The molecule has 2 aliphatic rings. The summed E-state index contributed by atoms with van der Waals surface area (Å²) in [6.07, 6.45) is 5.87. The van der Waals surface area contributed by atoms with Crippen LogP contribution in [0.2, 0.25) is 0 Å². The lowest BCUT2D eigenvalue weighted by Gasteiger charge is -2.38. The van der Waals surface area contributed by atoms with Gasteiger partial charge in [-0.3, -0.25) is 0 Å². The molecule has 4 aromatic rings. The quantitative estimate of drug-likeness (QED) is 0.346. The van der Waals surface area contributed by atoms with Crippen molar-refractivity contribution >= 4 is 16.5 Å². The van der Waals surface area contributed by atoms with Crippen molar-refractivity contribution in [3.8, 4) is 5.75 Å². The lowest BCUT2D eigenvalue weighted by Crippen LogP contribution is -2.29. The van der Waals surface area contributed by atoms with Crippen LogP contribution in [-0.4, -0.2) is 0 Å². The van der Waals surface area contributed by atoms with Gasteiger partial charge in [0, 0.05) is 17.0 Å². The Kier molecular flexibility index (Phi) is 4.72. The SMILES string of the molecule is Cc1ccc(COc2ccc([C@@H]3Nc4c(ccc5ccccc45)[C@@H]4C=CC[C@@H]43)cc2)cc1. The molecule has 0 radical (unpaired) electrons. The monoisotopic (exact) mass is 417 g/mol. The van der Waals surface area contributed by atoms with Crippen LogP contribution < -0.4 is 10.1 Å². The zero-order valence-electron chi connectivity index (χ0n) is 18.3. The molecule has 0 aromatic heterocycles. The van der Waals surface area contributed by atoms with Gasteiger partial charge in [-0.15, -0.1) is 0 Å². The second-order valence-electron chi connectivity index (χ2n) is 9.07. The second kappa shape index (κ2) is 7.87. The van der Waals surface area contributed by atoms with Crippen molar-refractivity contribution in [2.45, 2.75) is 31.9 Å². The maximum Gasteiger partial charge on any atom is 0.119 e. The second-order valence-corrected chi connectivity index (χ2v) is 9.07. The highest BCUT2D eigenvalue weighted by molar-refractivity contribution is 5.96. The number of hydrogen-bond donors (Lipinski definition) is 1. The maximum atomic E-state index is 6.04. The van der Waals surface area contributed by atoms with Crippen molar-refractivity contribution < 1.29 is 4.74 Å². The van der Waals surface area contributed by atoms with Crippen molar-refractivity contribution in [1.29, 1.82) is 0 Å². The van der Waals surface area contributed by atoms with E-state index >= 15 is 0 Å². The van der Waals surface area contributed by atoms with Crippen LogP contribution in [0.25, 0.3) is 10.8 Å². The summed E-state index contributed by atoms with van der Waals surface area (Å²) >= 11 is 0. The lowest BCUT2D eigenvalue weighted by molar-refractivity contribution is 0.306. The number of fused-ring (bicyclic) bond motifs is 5. The first-order valence-electron chi connectivity index (χ1n) is 11.5. The summed E-state index contributed by atoms with van der Waals surface area (Å²) in [5.41, 5.74) is 6.51. The number of aryl methyl sites for hydroxylation is 1. The summed E-state index contributed by atoms with van der Waals surface area (Å²) < 4.78 is 6.04. The van der Waals surface area contributed by atoms with Gasteiger partial charge in [0.1, 0.15) is 12.4 Å². The molecular formula is C30H27NO. The van der Waals surface area contributed by atoms with E-state index in [1.54, 1.807) is 0 Å². The van der Waals surface area contributed by atoms with Gasteiger partial charge in [-0.05, 0) is 53.5 Å². The van der Waals surface area contributed by atoms with Gasteiger partial charge < -0.3 is 10.1 Å². The summed E-state index contributed by atoms with van der Waals surface area (Å²) in [6, 6.07) is 30.8. The zero-order valence-corrected chi connectivity index (χ0v) is 18.3. The predicted octanol–water partition coefficient (Wildman–Crippen LogP) is 7.55. The first-order chi connectivity index (χ1) is 15.8. The molecule has 1 aliphatic carbocycles. The molecule has 158 valence electrons. The van der Waals surface area contributed by atoms with E-state index in [1.807, 2.05) is 0 Å². The summed E-state index contributed by atoms with van der Waals surface area (Å²) in [6.45, 7) is 2.70. The van der Waals surface area contributed by atoms with E-state index in [0.29, 0.717) is 24.5 Å². The third-order valence-corrected chi connectivity index (χ3v) is 7.03. The lowest BCUT2D eigenvalue weighted by atomic mass is 9.76. The number of ether oxygens (including phenoxy) is 1. The van der Waals surface area contributed by atoms with Gasteiger partial charge in [-0.25, -0.2) is 0 Å². The van der Waals surface area contributed by atoms with Crippen LogP contribution in [-0.2, 0) is 6.61 Å². The fourth-order valence-corrected chi connectivity index (χ4v) is 5.29. The van der Waals surface area contributed by atoms with E-state index in [1.165, 1.54) is 38.7 Å². The van der Waals surface area contributed by atoms with Crippen LogP contribution in [0.4, 0.5) is 5.69 Å². The molecule has 1 N–H and O–H groups in total. The van der Waals surface area contributed by atoms with E-state index in [0.717, 1.165) is 12.2 Å². The number of rotatable bonds is 4. The van der Waals surface area contributed by atoms with Gasteiger partial charge in [-0.2, -0.15) is 0 Å². The average Bonchev–Trinajstić information content (AvgIpc) is 3.34. The van der Waals surface area contributed by atoms with Crippen LogP contribution in [0, 0.1) is 12.8 Å². The van der Waals surface area contributed by atoms with Crippen molar-refractivity contribution in [3.05, 3.63) is 119 Å². The highest BCUT2D eigenvalue weighted by atomic mass is 16.5. The average molecular weight is 418 g/mol. The topological polar surface area (TPSA) is 21.3 Å². The number of nitrogens with one attached hydrogen (secondary N) is 1. The van der Waals surface area contributed by atoms with Gasteiger partial charge in [-0.1, -0.05) is 90.5 Å². The Morgan fingerprint density at radius 1 is 0.875 bits per heavy atom. The third-order valence-electron chi connectivity index (χ3n) is 7.03. The van der Waals surface area contributed by atoms with Crippen LogP contribution in [0.1, 0.15) is 40.6 Å². The Hall–Kier alpha value is -3.52. The van der Waals surface area contributed by atoms with Gasteiger partial charge in [0.15, 0.2) is 0 Å². The van der Waals surface area contributed by atoms with Crippen molar-refractivity contribution in [1.82, 2.24) is 0 Å². The summed E-state index contributed by atoms with van der Waals surface area (Å²) in [4.78, 5) is 0. The molecule has 0 fully saturated rings. The first-order valence-corrected chi connectivity index (χ1v) is 11.5. The van der Waals surface area contributed by atoms with E-state index in [4.69, 9.17) is 4.74 Å². The summed E-state index contributed by atoms with van der Waals surface area (Å²) in [7, 11) is 0. The normalized spacial score (nSPS) is 21.1. The standard InChI is InChI=1S/C30H27NO/c1-20-9-11-21(12-10-20)19-32-24-16-13-23(14-17-24)29-27-8-4-7-26(27)28-18-15-22-5-2-3-6-25(22)30(28)31-29/h2-7,9-18,26-27,29,31H,8,19H2,1H3/t26-,27+,29+/m1/s1. The Bertz CT molecular complexity index is 1290. The minimum Gasteiger partial charge on any atom is -0.489 e. The van der Waals surface area contributed by atoms with Gasteiger partial charge in [0.2, 0.25) is 0 Å². The zero-order chi connectivity index (χ0) is 21.5. The third kappa shape index (κ3) is 3.36. The summed E-state index contributed by atoms with van der Waals surface area (Å²) in [5, 5.41) is 6.53. The molecule has 0 saturated carbocycles. The summed E-state index contributed by atoms with van der Waals surface area (Å²) in [5.74, 6) is 1.93. The molecule has 0 bridgehead atoms. The largest absolute Gasteiger partial charge is 0.489 e. The van der Waals surface area contributed by atoms with Crippen LogP contribution in [0.3, 0.4) is 0 Å². The molecule has 0 spiro atoms. The maximum absolute atomic E-state index is 6.04. The molecule has 0 saturated heterocycles. The van der Waals surface area contributed by atoms with E-state index in [2.05, 4.69) is 109 Å². The van der Waals surface area contributed by atoms with Crippen LogP contribution >= 0.6 is 0 Å². The van der Waals surface area contributed by atoms with Crippen molar-refractivity contribution in [3.63, 3.8) is 0 Å². The van der Waals surface area contributed by atoms with Gasteiger partial charge in [0.25, 0.3) is 0 Å². The van der Waals surface area contributed by atoms with Gasteiger partial charge in [0.05, 0.1) is 6.04 Å². The minimum atomic E-state index is 0.291. The fourth-order valence-electron chi connectivity index (χ4n) is 5.29. The molecule has 1 heterocycles. The van der Waals surface area contributed by atoms with E-state index in [-0.39, 0.29) is 0 Å². The van der Waals surface area contributed by atoms with Crippen molar-refractivity contribution in [2.75, 3.05) is 5.32 Å².